The van der Waals surface area contributed by atoms with Crippen molar-refractivity contribution in [2.24, 2.45) is 0 Å². The predicted octanol–water partition coefficient (Wildman–Crippen LogP) is 2.64. The fraction of sp³-hybridized carbons (Fsp3) is 0.120. The van der Waals surface area contributed by atoms with E-state index in [-0.39, 0.29) is 12.1 Å². The molecule has 1 atom stereocenters. The third-order valence-electron chi connectivity index (χ3n) is 5.76. The van der Waals surface area contributed by atoms with Crippen molar-refractivity contribution in [3.05, 3.63) is 106 Å². The lowest BCUT2D eigenvalue weighted by Crippen LogP contribution is -2.29. The summed E-state index contributed by atoms with van der Waals surface area (Å²) in [7, 11) is 0. The number of pyridine rings is 2. The Morgan fingerprint density at radius 3 is 2.64 bits per heavy atom. The maximum absolute atomic E-state index is 13.8. The number of Topliss-reactive ketones (excluding diaryl/α,β-unsaturated/α-hetero) is 1. The summed E-state index contributed by atoms with van der Waals surface area (Å²) < 4.78 is 2.52. The van der Waals surface area contributed by atoms with Crippen LogP contribution in [-0.4, -0.2) is 26.0 Å². The van der Waals surface area contributed by atoms with E-state index in [2.05, 4.69) is 25.9 Å². The number of aromatic nitrogens is 3. The van der Waals surface area contributed by atoms with Gasteiger partial charge in [-0.15, -0.1) is 0 Å². The van der Waals surface area contributed by atoms with Crippen LogP contribution in [-0.2, 0) is 16.1 Å². The number of aromatic amines is 1. The van der Waals surface area contributed by atoms with Crippen molar-refractivity contribution in [1.29, 1.82) is 0 Å². The molecule has 4 aromatic rings. The zero-order valence-electron chi connectivity index (χ0n) is 17.7. The molecule has 8 heteroatoms. The largest absolute Gasteiger partial charge is 0.871 e. The maximum atomic E-state index is 13.8. The van der Waals surface area contributed by atoms with Gasteiger partial charge in [-0.1, -0.05) is 39.9 Å². The summed E-state index contributed by atoms with van der Waals surface area (Å²) >= 11 is 3.42. The van der Waals surface area contributed by atoms with Gasteiger partial charge in [0.2, 0.25) is 5.78 Å². The monoisotopic (exact) mass is 502 g/mol. The molecule has 164 valence electrons. The number of ketones is 1. The number of aryl methyl sites for hydroxylation is 1. The van der Waals surface area contributed by atoms with Crippen molar-refractivity contribution in [2.75, 3.05) is 0 Å². The average molecular weight is 503 g/mol. The van der Waals surface area contributed by atoms with Gasteiger partial charge in [0.1, 0.15) is 5.65 Å². The van der Waals surface area contributed by atoms with Gasteiger partial charge < -0.3 is 14.4 Å². The third-order valence-corrected chi connectivity index (χ3v) is 6.29. The van der Waals surface area contributed by atoms with Crippen LogP contribution in [0.1, 0.15) is 28.6 Å². The maximum Gasteiger partial charge on any atom is 0.295 e. The van der Waals surface area contributed by atoms with Crippen LogP contribution in [0.25, 0.3) is 11.4 Å². The van der Waals surface area contributed by atoms with E-state index in [1.165, 1.54) is 4.90 Å². The summed E-state index contributed by atoms with van der Waals surface area (Å²) in [6.07, 6.45) is 5.27. The number of fused-ring (bicyclic) bond motifs is 1. The summed E-state index contributed by atoms with van der Waals surface area (Å²) in [5.41, 5.74) is 2.85. The Bertz CT molecular complexity index is 1410. The van der Waals surface area contributed by atoms with Gasteiger partial charge in [-0.05, 0) is 42.8 Å². The van der Waals surface area contributed by atoms with Crippen LogP contribution >= 0.6 is 15.9 Å². The molecule has 4 heterocycles. The van der Waals surface area contributed by atoms with Crippen LogP contribution in [0.4, 0.5) is 0 Å². The zero-order valence-corrected chi connectivity index (χ0v) is 19.2. The molecule has 0 saturated carbocycles. The van der Waals surface area contributed by atoms with Gasteiger partial charge in [-0.25, -0.2) is 9.97 Å². The zero-order chi connectivity index (χ0) is 23.1. The van der Waals surface area contributed by atoms with E-state index in [0.29, 0.717) is 22.6 Å². The number of hydrogen-bond donors (Lipinski definition) is 0. The number of nitrogens with zero attached hydrogens (tertiary/aromatic N) is 3. The van der Waals surface area contributed by atoms with Crippen LogP contribution in [0.15, 0.2) is 83.2 Å². The molecule has 7 nitrogen and oxygen atoms in total. The van der Waals surface area contributed by atoms with Gasteiger partial charge in [-0.2, -0.15) is 0 Å². The first-order chi connectivity index (χ1) is 16.0. The van der Waals surface area contributed by atoms with Crippen molar-refractivity contribution in [3.8, 4) is 0 Å². The number of H-pyrrole nitrogens is 1. The van der Waals surface area contributed by atoms with E-state index < -0.39 is 23.5 Å². The van der Waals surface area contributed by atoms with E-state index in [0.717, 1.165) is 10.0 Å². The standard InChI is InChI=1S/C25H19BrN4O3/c1-15-21(29-12-3-2-6-19(29)28-15)23(31)20-22(17-7-9-18(26)10-8-17)30(25(33)24(20)32)14-16-5-4-11-27-13-16/h2-13,22,31H,14H2,1H3. The minimum Gasteiger partial charge on any atom is -0.871 e. The van der Waals surface area contributed by atoms with Crippen LogP contribution in [0.3, 0.4) is 0 Å². The first-order valence-electron chi connectivity index (χ1n) is 10.4. The Labute approximate surface area is 198 Å². The summed E-state index contributed by atoms with van der Waals surface area (Å²) in [6.45, 7) is 1.92. The van der Waals surface area contributed by atoms with Crippen molar-refractivity contribution >= 4 is 39.0 Å². The van der Waals surface area contributed by atoms with E-state index in [1.54, 1.807) is 42.0 Å². The molecule has 1 amide bonds. The van der Waals surface area contributed by atoms with E-state index in [9.17, 15) is 14.7 Å². The van der Waals surface area contributed by atoms with E-state index >= 15 is 0 Å². The SMILES string of the molecule is Cc1nc2ccccn2c1C([O-])=C1C(=O)C(=O)N(Cc2ccc[nH+]c2)C1c1ccc(Br)cc1. The first kappa shape index (κ1) is 21.1. The number of imidazole rings is 1. The molecule has 1 fully saturated rings. The fourth-order valence-electron chi connectivity index (χ4n) is 4.27. The molecule has 1 saturated heterocycles. The van der Waals surface area contributed by atoms with Crippen molar-refractivity contribution in [2.45, 2.75) is 19.5 Å². The number of halogens is 1. The molecular formula is C25H19BrN4O3. The minimum atomic E-state index is -0.806. The fourth-order valence-corrected chi connectivity index (χ4v) is 4.53. The van der Waals surface area contributed by atoms with Crippen molar-refractivity contribution < 1.29 is 19.7 Å². The molecule has 5 rings (SSSR count). The van der Waals surface area contributed by atoms with Crippen molar-refractivity contribution in [3.63, 3.8) is 0 Å². The molecule has 1 aliphatic heterocycles. The van der Waals surface area contributed by atoms with Gasteiger partial charge in [0, 0.05) is 27.9 Å². The number of rotatable bonds is 4. The summed E-state index contributed by atoms with van der Waals surface area (Å²) in [5.74, 6) is -1.96. The Morgan fingerprint density at radius 1 is 1.12 bits per heavy atom. The highest BCUT2D eigenvalue weighted by molar-refractivity contribution is 9.10. The molecule has 0 aliphatic carbocycles. The third kappa shape index (κ3) is 3.62. The van der Waals surface area contributed by atoms with Gasteiger partial charge in [0.05, 0.1) is 24.0 Å². The van der Waals surface area contributed by atoms with E-state index in [1.807, 2.05) is 42.5 Å². The lowest BCUT2D eigenvalue weighted by molar-refractivity contribution is -0.378. The molecule has 3 aromatic heterocycles. The lowest BCUT2D eigenvalue weighted by Gasteiger charge is -2.27. The highest BCUT2D eigenvalue weighted by Gasteiger charge is 2.44. The number of carbonyl (C=O) groups is 2. The molecular weight excluding hydrogens is 484 g/mol. The molecule has 0 spiro atoms. The second kappa shape index (κ2) is 8.29. The highest BCUT2D eigenvalue weighted by atomic mass is 79.9. The molecule has 1 aliphatic rings. The van der Waals surface area contributed by atoms with Crippen molar-refractivity contribution in [1.82, 2.24) is 14.3 Å². The van der Waals surface area contributed by atoms with Gasteiger partial charge in [0.15, 0.2) is 12.4 Å². The van der Waals surface area contributed by atoms with Gasteiger partial charge in [0.25, 0.3) is 5.91 Å². The van der Waals surface area contributed by atoms with Gasteiger partial charge in [-0.3, -0.25) is 9.59 Å². The number of carbonyl (C=O) groups excluding carboxylic acids is 2. The molecule has 33 heavy (non-hydrogen) atoms. The summed E-state index contributed by atoms with van der Waals surface area (Å²) in [4.78, 5) is 35.3. The molecule has 1 N–H and O–H groups in total. The van der Waals surface area contributed by atoms with Crippen LogP contribution < -0.4 is 10.1 Å². The average Bonchev–Trinajstić information content (AvgIpc) is 3.28. The van der Waals surface area contributed by atoms with Crippen LogP contribution in [0.5, 0.6) is 0 Å². The van der Waals surface area contributed by atoms with E-state index in [4.69, 9.17) is 0 Å². The van der Waals surface area contributed by atoms with Crippen LogP contribution in [0.2, 0.25) is 0 Å². The van der Waals surface area contributed by atoms with Gasteiger partial charge >= 0.3 is 0 Å². The second-order valence-corrected chi connectivity index (χ2v) is 8.76. The number of hydrogen-bond acceptors (Lipinski definition) is 4. The normalized spacial score (nSPS) is 17.8. The molecule has 0 bridgehead atoms. The Hall–Kier alpha value is -3.78. The quantitative estimate of drug-likeness (QED) is 0.243. The number of nitrogens with one attached hydrogen (secondary N) is 1. The highest BCUT2D eigenvalue weighted by Crippen LogP contribution is 2.40. The Kier molecular flexibility index (Phi) is 5.30. The number of amides is 1. The lowest BCUT2D eigenvalue weighted by atomic mass is 9.96. The number of likely N-dealkylation sites (tertiary alicyclic amines) is 1. The van der Waals surface area contributed by atoms with Crippen LogP contribution in [0, 0.1) is 6.92 Å². The smallest absolute Gasteiger partial charge is 0.295 e. The molecule has 1 aromatic carbocycles. The summed E-state index contributed by atoms with van der Waals surface area (Å²) in [6, 6.07) is 15.6. The summed E-state index contributed by atoms with van der Waals surface area (Å²) in [5, 5.41) is 13.8. The molecule has 0 radical (unpaired) electrons. The Balaban J connectivity index is 1.72. The second-order valence-electron chi connectivity index (χ2n) is 7.85. The topological polar surface area (TPSA) is 91.9 Å². The first-order valence-corrected chi connectivity index (χ1v) is 11.2. The molecule has 1 unspecified atom stereocenters. The number of benzene rings is 1. The predicted molar refractivity (Wildman–Crippen MR) is 122 cm³/mol. The minimum absolute atomic E-state index is 0.0593. The Morgan fingerprint density at radius 2 is 1.91 bits per heavy atom.